The van der Waals surface area contributed by atoms with E-state index in [-0.39, 0.29) is 17.9 Å². The summed E-state index contributed by atoms with van der Waals surface area (Å²) < 4.78 is 22.1. The van der Waals surface area contributed by atoms with E-state index in [2.05, 4.69) is 21.8 Å². The first-order chi connectivity index (χ1) is 14.3. The van der Waals surface area contributed by atoms with E-state index in [4.69, 9.17) is 10.5 Å². The lowest BCUT2D eigenvalue weighted by molar-refractivity contribution is 0.0995. The number of halogens is 1. The molecule has 0 spiro atoms. The summed E-state index contributed by atoms with van der Waals surface area (Å²) in [5.74, 6) is 4.95. The zero-order chi connectivity index (χ0) is 21.5. The van der Waals surface area contributed by atoms with Crippen LogP contribution in [0.3, 0.4) is 0 Å². The third-order valence-corrected chi connectivity index (χ3v) is 4.90. The number of nitrogens with zero attached hydrogens (tertiary/aromatic N) is 3. The van der Waals surface area contributed by atoms with Crippen LogP contribution in [0.2, 0.25) is 0 Å². The lowest BCUT2D eigenvalue weighted by Gasteiger charge is -2.18. The summed E-state index contributed by atoms with van der Waals surface area (Å²) in [5, 5.41) is 10.8. The number of hydrogen-bond acceptors (Lipinski definition) is 5. The fourth-order valence-corrected chi connectivity index (χ4v) is 3.37. The normalized spacial score (nSPS) is 14.3. The van der Waals surface area contributed by atoms with Crippen molar-refractivity contribution in [3.63, 3.8) is 0 Å². The predicted octanol–water partition coefficient (Wildman–Crippen LogP) is 2.14. The van der Waals surface area contributed by atoms with Crippen LogP contribution < -0.4 is 10.5 Å². The molecule has 0 radical (unpaired) electrons. The van der Waals surface area contributed by atoms with Gasteiger partial charge in [0.15, 0.2) is 0 Å². The number of nitrogens with two attached hydrogens (primary N) is 1. The number of carbonyl (C=O) groups is 1. The van der Waals surface area contributed by atoms with Crippen LogP contribution in [0.1, 0.15) is 34.2 Å². The van der Waals surface area contributed by atoms with Gasteiger partial charge < -0.3 is 20.1 Å². The van der Waals surface area contributed by atoms with Crippen molar-refractivity contribution < 1.29 is 19.0 Å². The molecule has 3 heterocycles. The number of ether oxygens (including phenoxy) is 1. The Hall–Kier alpha value is -3.70. The quantitative estimate of drug-likeness (QED) is 0.635. The summed E-state index contributed by atoms with van der Waals surface area (Å²) in [6.45, 7) is 4.01. The van der Waals surface area contributed by atoms with Gasteiger partial charge in [-0.15, -0.1) is 0 Å². The number of pyridine rings is 1. The second kappa shape index (κ2) is 7.28. The number of rotatable bonds is 2. The van der Waals surface area contributed by atoms with Crippen LogP contribution in [-0.2, 0) is 12.1 Å². The number of amides is 1. The molecule has 3 aromatic rings. The summed E-state index contributed by atoms with van der Waals surface area (Å²) in [6, 6.07) is 6.16. The number of aromatic nitrogens is 3. The molecule has 0 aliphatic carbocycles. The number of aliphatic hydroxyl groups is 1. The predicted molar refractivity (Wildman–Crippen MR) is 107 cm³/mol. The summed E-state index contributed by atoms with van der Waals surface area (Å²) in [6.07, 6.45) is 3.16. The van der Waals surface area contributed by atoms with E-state index < -0.39 is 17.3 Å². The van der Waals surface area contributed by atoms with Crippen LogP contribution in [0.25, 0.3) is 11.4 Å². The second-order valence-electron chi connectivity index (χ2n) is 7.14. The maximum atomic E-state index is 14.7. The minimum absolute atomic E-state index is 0.0660. The van der Waals surface area contributed by atoms with Crippen molar-refractivity contribution in [1.82, 2.24) is 14.5 Å². The smallest absolute Gasteiger partial charge is 0.268 e. The minimum Gasteiger partial charge on any atom is -0.491 e. The molecule has 1 atom stereocenters. The van der Waals surface area contributed by atoms with E-state index in [1.165, 1.54) is 19.1 Å². The van der Waals surface area contributed by atoms with E-state index in [0.29, 0.717) is 34.9 Å². The first kappa shape index (κ1) is 19.6. The fourth-order valence-electron chi connectivity index (χ4n) is 3.37. The number of imidazole rings is 1. The molecular weight excluding hydrogens is 387 g/mol. The number of aryl methyl sites for hydroxylation is 1. The van der Waals surface area contributed by atoms with Crippen molar-refractivity contribution in [3.8, 4) is 29.0 Å². The number of primary amides is 1. The van der Waals surface area contributed by atoms with Crippen LogP contribution in [-0.4, -0.2) is 32.2 Å². The van der Waals surface area contributed by atoms with Gasteiger partial charge in [0.05, 0.1) is 17.7 Å². The van der Waals surface area contributed by atoms with E-state index in [9.17, 15) is 14.3 Å². The van der Waals surface area contributed by atoms with Gasteiger partial charge in [0.25, 0.3) is 5.91 Å². The Balaban J connectivity index is 1.80. The molecule has 1 aliphatic rings. The van der Waals surface area contributed by atoms with Crippen molar-refractivity contribution in [2.75, 3.05) is 6.61 Å². The van der Waals surface area contributed by atoms with E-state index in [0.717, 1.165) is 0 Å². The number of hydrogen-bond donors (Lipinski definition) is 2. The Kier molecular flexibility index (Phi) is 4.76. The largest absolute Gasteiger partial charge is 0.491 e. The lowest BCUT2D eigenvalue weighted by Crippen LogP contribution is -2.20. The Bertz CT molecular complexity index is 1220. The van der Waals surface area contributed by atoms with E-state index >= 15 is 0 Å². The topological polar surface area (TPSA) is 103 Å². The third-order valence-electron chi connectivity index (χ3n) is 4.90. The highest BCUT2D eigenvalue weighted by atomic mass is 19.1. The van der Waals surface area contributed by atoms with Gasteiger partial charge in [0, 0.05) is 29.7 Å². The lowest BCUT2D eigenvalue weighted by atomic mass is 9.95. The van der Waals surface area contributed by atoms with Crippen molar-refractivity contribution in [1.29, 1.82) is 0 Å². The summed E-state index contributed by atoms with van der Waals surface area (Å²) in [7, 11) is 0. The molecule has 0 saturated heterocycles. The maximum absolute atomic E-state index is 14.7. The monoisotopic (exact) mass is 406 g/mol. The fraction of sp³-hybridized carbons (Fsp3) is 0.227. The minimum atomic E-state index is -1.52. The first-order valence-corrected chi connectivity index (χ1v) is 9.27. The molecule has 2 aromatic heterocycles. The van der Waals surface area contributed by atoms with Gasteiger partial charge in [-0.1, -0.05) is 17.9 Å². The van der Waals surface area contributed by atoms with Gasteiger partial charge in [-0.25, -0.2) is 9.37 Å². The molecule has 1 amide bonds. The standard InChI is InChI=1S/C22H19FN4O3/c1-13-16(4-3-7-25-13)22(2,29)6-5-14-10-15-19(11-17(14)23)30-9-8-27-12-18(20(24)28)26-21(15)27/h3-4,7,10-12,29H,8-9H2,1-2H3,(H2,24,28). The molecule has 4 rings (SSSR count). The Morgan fingerprint density at radius 2 is 2.23 bits per heavy atom. The Morgan fingerprint density at radius 3 is 2.97 bits per heavy atom. The molecule has 30 heavy (non-hydrogen) atoms. The molecule has 0 bridgehead atoms. The zero-order valence-corrected chi connectivity index (χ0v) is 16.4. The molecular formula is C22H19FN4O3. The van der Waals surface area contributed by atoms with Crippen LogP contribution in [0, 0.1) is 24.6 Å². The van der Waals surface area contributed by atoms with Gasteiger partial charge in [-0.05, 0) is 26.0 Å². The van der Waals surface area contributed by atoms with Gasteiger partial charge in [-0.2, -0.15) is 0 Å². The van der Waals surface area contributed by atoms with Crippen molar-refractivity contribution in [3.05, 3.63) is 65.0 Å². The average molecular weight is 406 g/mol. The molecule has 0 saturated carbocycles. The molecule has 1 aliphatic heterocycles. The number of fused-ring (bicyclic) bond motifs is 3. The van der Waals surface area contributed by atoms with E-state index in [1.54, 1.807) is 36.0 Å². The summed E-state index contributed by atoms with van der Waals surface area (Å²) in [4.78, 5) is 19.9. The molecule has 1 aromatic carbocycles. The van der Waals surface area contributed by atoms with E-state index in [1.807, 2.05) is 0 Å². The molecule has 1 unspecified atom stereocenters. The third kappa shape index (κ3) is 3.51. The molecule has 3 N–H and O–H groups in total. The van der Waals surface area contributed by atoms with Gasteiger partial charge in [0.1, 0.15) is 35.3 Å². The maximum Gasteiger partial charge on any atom is 0.268 e. The second-order valence-corrected chi connectivity index (χ2v) is 7.14. The summed E-state index contributed by atoms with van der Waals surface area (Å²) >= 11 is 0. The van der Waals surface area contributed by atoms with Crippen molar-refractivity contribution in [2.45, 2.75) is 26.0 Å². The van der Waals surface area contributed by atoms with Gasteiger partial charge in [-0.3, -0.25) is 9.78 Å². The van der Waals surface area contributed by atoms with Gasteiger partial charge in [0.2, 0.25) is 0 Å². The number of carbonyl (C=O) groups excluding carboxylic acids is 1. The molecule has 152 valence electrons. The highest BCUT2D eigenvalue weighted by Crippen LogP contribution is 2.34. The van der Waals surface area contributed by atoms with Crippen LogP contribution in [0.15, 0.2) is 36.7 Å². The SMILES string of the molecule is Cc1ncccc1C(C)(O)C#Cc1cc2c(cc1F)OCCn1cc(C(N)=O)nc1-2. The molecule has 8 heteroatoms. The van der Waals surface area contributed by atoms with Crippen molar-refractivity contribution in [2.24, 2.45) is 5.73 Å². The van der Waals surface area contributed by atoms with Crippen LogP contribution in [0.5, 0.6) is 5.75 Å². The Labute approximate surface area is 172 Å². The zero-order valence-electron chi connectivity index (χ0n) is 16.4. The van der Waals surface area contributed by atoms with Crippen LogP contribution >= 0.6 is 0 Å². The Morgan fingerprint density at radius 1 is 1.43 bits per heavy atom. The summed E-state index contributed by atoms with van der Waals surface area (Å²) in [5.41, 5.74) is 5.66. The highest BCUT2D eigenvalue weighted by Gasteiger charge is 2.24. The molecule has 0 fully saturated rings. The molecule has 7 nitrogen and oxygen atoms in total. The van der Waals surface area contributed by atoms with Crippen LogP contribution in [0.4, 0.5) is 4.39 Å². The van der Waals surface area contributed by atoms with Crippen molar-refractivity contribution >= 4 is 5.91 Å². The van der Waals surface area contributed by atoms with Gasteiger partial charge >= 0.3 is 0 Å². The average Bonchev–Trinajstić information content (AvgIpc) is 3.05. The first-order valence-electron chi connectivity index (χ1n) is 9.27. The number of benzene rings is 1. The highest BCUT2D eigenvalue weighted by molar-refractivity contribution is 5.91.